The molecule has 0 aromatic heterocycles. The van der Waals surface area contributed by atoms with E-state index in [9.17, 15) is 13.6 Å². The van der Waals surface area contributed by atoms with Crippen molar-refractivity contribution >= 4 is 5.97 Å². The van der Waals surface area contributed by atoms with Gasteiger partial charge in [-0.05, 0) is 98.2 Å². The van der Waals surface area contributed by atoms with Gasteiger partial charge in [0.1, 0.15) is 0 Å². The number of carbonyl (C=O) groups excluding carboxylic acids is 1. The Labute approximate surface area is 169 Å². The van der Waals surface area contributed by atoms with Gasteiger partial charge in [-0.15, -0.1) is 0 Å². The number of rotatable bonds is 4. The number of methoxy groups -OCH3 is 1. The van der Waals surface area contributed by atoms with Crippen molar-refractivity contribution in [3.8, 4) is 0 Å². The summed E-state index contributed by atoms with van der Waals surface area (Å²) in [7, 11) is 1.05. The minimum Gasteiger partial charge on any atom is -0.465 e. The molecule has 28 heavy (non-hydrogen) atoms. The number of hydrogen-bond donors (Lipinski definition) is 0. The first kappa shape index (κ1) is 20.6. The Balaban J connectivity index is 1.47. The van der Waals surface area contributed by atoms with E-state index >= 15 is 0 Å². The van der Waals surface area contributed by atoms with Crippen molar-refractivity contribution in [3.05, 3.63) is 0 Å². The molecule has 0 saturated heterocycles. The third kappa shape index (κ3) is 3.12. The van der Waals surface area contributed by atoms with Crippen molar-refractivity contribution in [2.75, 3.05) is 7.11 Å². The van der Waals surface area contributed by atoms with Crippen LogP contribution >= 0.6 is 0 Å². The monoisotopic (exact) mass is 396 g/mol. The first-order chi connectivity index (χ1) is 13.2. The Hall–Kier alpha value is -0.670. The summed E-state index contributed by atoms with van der Waals surface area (Å²) >= 11 is 0. The number of fused-ring (bicyclic) bond motifs is 5. The van der Waals surface area contributed by atoms with Crippen molar-refractivity contribution in [1.29, 1.82) is 0 Å². The van der Waals surface area contributed by atoms with Gasteiger partial charge in [-0.1, -0.05) is 26.7 Å². The molecule has 2 nitrogen and oxygen atoms in total. The average molecular weight is 397 g/mol. The van der Waals surface area contributed by atoms with Gasteiger partial charge in [-0.3, -0.25) is 0 Å². The minimum atomic E-state index is -3.34. The smallest absolute Gasteiger partial charge is 0.376 e. The SMILES string of the molecule is COC(=O)C(F)(F)CCC1CCC2C3CCC4CCCCC4(C)C3CCC12C. The third-order valence-electron chi connectivity index (χ3n) is 10.1. The van der Waals surface area contributed by atoms with Crippen LogP contribution in [0.1, 0.15) is 90.9 Å². The van der Waals surface area contributed by atoms with Gasteiger partial charge in [-0.2, -0.15) is 8.78 Å². The molecule has 4 heteroatoms. The molecule has 7 unspecified atom stereocenters. The van der Waals surface area contributed by atoms with Crippen LogP contribution in [-0.4, -0.2) is 19.0 Å². The fourth-order valence-corrected chi connectivity index (χ4v) is 8.49. The van der Waals surface area contributed by atoms with Gasteiger partial charge in [0.2, 0.25) is 0 Å². The summed E-state index contributed by atoms with van der Waals surface area (Å²) in [5.74, 6) is -1.13. The van der Waals surface area contributed by atoms with E-state index in [-0.39, 0.29) is 11.8 Å². The van der Waals surface area contributed by atoms with Crippen LogP contribution in [0.25, 0.3) is 0 Å². The normalized spacial score (nSPS) is 45.7. The van der Waals surface area contributed by atoms with Gasteiger partial charge in [-0.25, -0.2) is 4.79 Å². The zero-order valence-corrected chi connectivity index (χ0v) is 17.9. The molecule has 0 aliphatic heterocycles. The molecular weight excluding hydrogens is 358 g/mol. The molecule has 0 aromatic carbocycles. The highest BCUT2D eigenvalue weighted by Gasteiger charge is 2.59. The summed E-state index contributed by atoms with van der Waals surface area (Å²) in [6.07, 6.45) is 13.2. The first-order valence-electron chi connectivity index (χ1n) is 11.7. The van der Waals surface area contributed by atoms with Crippen LogP contribution in [0.5, 0.6) is 0 Å². The summed E-state index contributed by atoms with van der Waals surface area (Å²) in [5, 5.41) is 0. The predicted octanol–water partition coefficient (Wildman–Crippen LogP) is 6.62. The molecule has 0 spiro atoms. The standard InChI is InChI=1S/C24H38F2O2/c1-22-13-5-4-6-16(22)7-9-18-19-10-8-17(23(19,2)14-12-20(18)22)11-15-24(25,26)21(27)28-3/h16-20H,4-15H2,1-3H3. The third-order valence-corrected chi connectivity index (χ3v) is 10.1. The molecule has 4 aliphatic rings. The van der Waals surface area contributed by atoms with E-state index in [0.717, 1.165) is 31.3 Å². The summed E-state index contributed by atoms with van der Waals surface area (Å²) in [6, 6.07) is 0. The molecule has 160 valence electrons. The van der Waals surface area contributed by atoms with Crippen molar-refractivity contribution < 1.29 is 18.3 Å². The van der Waals surface area contributed by atoms with Gasteiger partial charge in [0.25, 0.3) is 0 Å². The maximum Gasteiger partial charge on any atom is 0.376 e. The maximum absolute atomic E-state index is 14.0. The molecule has 4 saturated carbocycles. The lowest BCUT2D eigenvalue weighted by atomic mass is 9.45. The topological polar surface area (TPSA) is 26.3 Å². The van der Waals surface area contributed by atoms with Gasteiger partial charge in [0, 0.05) is 6.42 Å². The Kier molecular flexibility index (Phi) is 5.32. The summed E-state index contributed by atoms with van der Waals surface area (Å²) in [4.78, 5) is 11.4. The van der Waals surface area contributed by atoms with Crippen molar-refractivity contribution in [1.82, 2.24) is 0 Å². The number of alkyl halides is 2. The van der Waals surface area contributed by atoms with Gasteiger partial charge in [0.05, 0.1) is 7.11 Å². The summed E-state index contributed by atoms with van der Waals surface area (Å²) in [6.45, 7) is 4.97. The molecule has 0 aromatic rings. The number of carbonyl (C=O) groups is 1. The van der Waals surface area contributed by atoms with E-state index in [1.807, 2.05) is 0 Å². The molecule has 4 aliphatic carbocycles. The second-order valence-electron chi connectivity index (χ2n) is 11.0. The second kappa shape index (κ2) is 7.23. The van der Waals surface area contributed by atoms with Gasteiger partial charge >= 0.3 is 11.9 Å². The zero-order valence-electron chi connectivity index (χ0n) is 17.9. The molecule has 0 N–H and O–H groups in total. The Morgan fingerprint density at radius 3 is 2.46 bits per heavy atom. The highest BCUT2D eigenvalue weighted by Crippen LogP contribution is 2.68. The van der Waals surface area contributed by atoms with Crippen LogP contribution in [0.2, 0.25) is 0 Å². The molecule has 0 amide bonds. The molecule has 0 radical (unpaired) electrons. The molecular formula is C24H38F2O2. The van der Waals surface area contributed by atoms with E-state index in [0.29, 0.717) is 23.7 Å². The van der Waals surface area contributed by atoms with E-state index in [1.54, 1.807) is 0 Å². The molecule has 4 fully saturated rings. The van der Waals surface area contributed by atoms with E-state index in [2.05, 4.69) is 18.6 Å². The number of hydrogen-bond acceptors (Lipinski definition) is 2. The number of esters is 1. The van der Waals surface area contributed by atoms with E-state index in [1.165, 1.54) is 57.8 Å². The predicted molar refractivity (Wildman–Crippen MR) is 106 cm³/mol. The highest BCUT2D eigenvalue weighted by atomic mass is 19.3. The van der Waals surface area contributed by atoms with Gasteiger partial charge < -0.3 is 4.74 Å². The molecule has 7 atom stereocenters. The lowest BCUT2D eigenvalue weighted by molar-refractivity contribution is -0.170. The fourth-order valence-electron chi connectivity index (χ4n) is 8.49. The van der Waals surface area contributed by atoms with Crippen LogP contribution < -0.4 is 0 Å². The largest absolute Gasteiger partial charge is 0.465 e. The number of halogens is 2. The van der Waals surface area contributed by atoms with Crippen LogP contribution in [0.4, 0.5) is 8.78 Å². The highest BCUT2D eigenvalue weighted by molar-refractivity contribution is 5.77. The second-order valence-corrected chi connectivity index (χ2v) is 11.0. The van der Waals surface area contributed by atoms with Gasteiger partial charge in [0.15, 0.2) is 0 Å². The molecule has 0 heterocycles. The van der Waals surface area contributed by atoms with Crippen molar-refractivity contribution in [2.24, 2.45) is 40.4 Å². The Morgan fingerprint density at radius 2 is 1.71 bits per heavy atom. The summed E-state index contributed by atoms with van der Waals surface area (Å²) < 4.78 is 32.4. The molecule has 4 rings (SSSR count). The quantitative estimate of drug-likeness (QED) is 0.499. The van der Waals surface area contributed by atoms with Crippen LogP contribution in [0, 0.1) is 40.4 Å². The zero-order chi connectivity index (χ0) is 20.2. The van der Waals surface area contributed by atoms with Crippen LogP contribution in [0.3, 0.4) is 0 Å². The van der Waals surface area contributed by atoms with E-state index < -0.39 is 11.9 Å². The van der Waals surface area contributed by atoms with Crippen molar-refractivity contribution in [3.63, 3.8) is 0 Å². The maximum atomic E-state index is 14.0. The Bertz CT molecular complexity index is 605. The van der Waals surface area contributed by atoms with E-state index in [4.69, 9.17) is 0 Å². The first-order valence-corrected chi connectivity index (χ1v) is 11.7. The van der Waals surface area contributed by atoms with Crippen molar-refractivity contribution in [2.45, 2.75) is 96.8 Å². The van der Waals surface area contributed by atoms with Crippen LogP contribution in [0.15, 0.2) is 0 Å². The lowest BCUT2D eigenvalue weighted by Crippen LogP contribution is -2.52. The van der Waals surface area contributed by atoms with Crippen LogP contribution in [-0.2, 0) is 9.53 Å². The summed E-state index contributed by atoms with van der Waals surface area (Å²) in [5.41, 5.74) is 0.712. The Morgan fingerprint density at radius 1 is 0.964 bits per heavy atom. The molecule has 0 bridgehead atoms. The minimum absolute atomic E-state index is 0.186. The average Bonchev–Trinajstić information content (AvgIpc) is 3.01. The fraction of sp³-hybridized carbons (Fsp3) is 0.958. The number of ether oxygens (including phenoxy) is 1. The lowest BCUT2D eigenvalue weighted by Gasteiger charge is -2.60.